The molecule has 1 aliphatic rings. The van der Waals surface area contributed by atoms with E-state index in [1.807, 2.05) is 0 Å². The van der Waals surface area contributed by atoms with E-state index in [9.17, 15) is 4.79 Å². The van der Waals surface area contributed by atoms with Crippen molar-refractivity contribution in [1.82, 2.24) is 0 Å². The van der Waals surface area contributed by atoms with Crippen LogP contribution in [-0.2, 0) is 24.8 Å². The van der Waals surface area contributed by atoms with Crippen LogP contribution in [0.1, 0.15) is 18.9 Å². The number of benzene rings is 1. The molecular formula is C16H22O7. The van der Waals surface area contributed by atoms with Crippen molar-refractivity contribution in [3.63, 3.8) is 0 Å². The molecule has 0 atom stereocenters. The van der Waals surface area contributed by atoms with E-state index in [0.29, 0.717) is 36.9 Å². The van der Waals surface area contributed by atoms with E-state index >= 15 is 0 Å². The second-order valence-electron chi connectivity index (χ2n) is 4.95. The van der Waals surface area contributed by atoms with Crippen molar-refractivity contribution in [1.29, 1.82) is 0 Å². The summed E-state index contributed by atoms with van der Waals surface area (Å²) >= 11 is 0. The van der Waals surface area contributed by atoms with Gasteiger partial charge >= 0.3 is 5.97 Å². The van der Waals surface area contributed by atoms with Crippen LogP contribution in [0, 0.1) is 0 Å². The predicted molar refractivity (Wildman–Crippen MR) is 80.9 cm³/mol. The van der Waals surface area contributed by atoms with Crippen molar-refractivity contribution >= 4 is 5.97 Å². The third-order valence-electron chi connectivity index (χ3n) is 3.59. The summed E-state index contributed by atoms with van der Waals surface area (Å²) in [6, 6.07) is 3.56. The Morgan fingerprint density at radius 1 is 1.09 bits per heavy atom. The topological polar surface area (TPSA) is 72.5 Å². The lowest BCUT2D eigenvalue weighted by Crippen LogP contribution is -2.29. The Labute approximate surface area is 135 Å². The van der Waals surface area contributed by atoms with Crippen LogP contribution in [0.3, 0.4) is 0 Å². The minimum absolute atomic E-state index is 0.187. The first-order valence-electron chi connectivity index (χ1n) is 7.28. The van der Waals surface area contributed by atoms with Crippen molar-refractivity contribution in [3.05, 3.63) is 17.7 Å². The summed E-state index contributed by atoms with van der Waals surface area (Å²) in [7, 11) is 4.63. The molecule has 7 nitrogen and oxygen atoms in total. The summed E-state index contributed by atoms with van der Waals surface area (Å²) < 4.78 is 32.7. The summed E-state index contributed by atoms with van der Waals surface area (Å²) in [4.78, 5) is 11.0. The van der Waals surface area contributed by atoms with Crippen LogP contribution in [0.15, 0.2) is 12.1 Å². The molecule has 0 spiro atoms. The molecule has 0 bridgehead atoms. The van der Waals surface area contributed by atoms with Gasteiger partial charge < -0.3 is 28.4 Å². The molecular weight excluding hydrogens is 304 g/mol. The average molecular weight is 326 g/mol. The van der Waals surface area contributed by atoms with E-state index in [0.717, 1.165) is 5.56 Å². The van der Waals surface area contributed by atoms with Gasteiger partial charge in [-0.1, -0.05) is 0 Å². The normalized spacial score (nSPS) is 16.0. The van der Waals surface area contributed by atoms with Gasteiger partial charge in [-0.05, 0) is 12.1 Å². The van der Waals surface area contributed by atoms with Gasteiger partial charge in [0.1, 0.15) is 0 Å². The largest absolute Gasteiger partial charge is 0.493 e. The van der Waals surface area contributed by atoms with E-state index in [1.165, 1.54) is 6.92 Å². The molecule has 0 aliphatic carbocycles. The Hall–Kier alpha value is -1.99. The highest BCUT2D eigenvalue weighted by molar-refractivity contribution is 5.65. The fourth-order valence-electron chi connectivity index (χ4n) is 2.54. The van der Waals surface area contributed by atoms with E-state index in [4.69, 9.17) is 28.4 Å². The van der Waals surface area contributed by atoms with Crippen molar-refractivity contribution in [2.24, 2.45) is 0 Å². The van der Waals surface area contributed by atoms with Gasteiger partial charge in [-0.2, -0.15) is 0 Å². The smallest absolute Gasteiger partial charge is 0.302 e. The number of carbonyl (C=O) groups is 1. The molecule has 1 aromatic rings. The van der Waals surface area contributed by atoms with Crippen molar-refractivity contribution in [2.75, 3.05) is 41.2 Å². The number of ether oxygens (including phenoxy) is 6. The lowest BCUT2D eigenvalue weighted by Gasteiger charge is -2.28. The number of esters is 1. The van der Waals surface area contributed by atoms with Crippen LogP contribution in [0.25, 0.3) is 0 Å². The third-order valence-corrected chi connectivity index (χ3v) is 3.59. The first kappa shape index (κ1) is 17.4. The number of carbonyl (C=O) groups excluding carboxylic acids is 1. The minimum Gasteiger partial charge on any atom is -0.493 e. The maximum Gasteiger partial charge on any atom is 0.302 e. The van der Waals surface area contributed by atoms with E-state index in [1.54, 1.807) is 33.5 Å². The zero-order valence-corrected chi connectivity index (χ0v) is 13.8. The zero-order valence-electron chi connectivity index (χ0n) is 13.8. The Kier molecular flexibility index (Phi) is 5.68. The van der Waals surface area contributed by atoms with Crippen LogP contribution in [0.2, 0.25) is 0 Å². The summed E-state index contributed by atoms with van der Waals surface area (Å²) in [5, 5.41) is 0. The number of rotatable bonds is 7. The van der Waals surface area contributed by atoms with E-state index < -0.39 is 5.79 Å². The fourth-order valence-corrected chi connectivity index (χ4v) is 2.54. The summed E-state index contributed by atoms with van der Waals surface area (Å²) in [5.41, 5.74) is 0.719. The monoisotopic (exact) mass is 326 g/mol. The molecule has 1 fully saturated rings. The van der Waals surface area contributed by atoms with Crippen LogP contribution in [0.5, 0.6) is 17.2 Å². The van der Waals surface area contributed by atoms with Crippen molar-refractivity contribution in [3.8, 4) is 17.2 Å². The second-order valence-corrected chi connectivity index (χ2v) is 4.95. The first-order chi connectivity index (χ1) is 11.1. The summed E-state index contributed by atoms with van der Waals surface area (Å²) in [6.07, 6.45) is 0.366. The molecule has 0 unspecified atom stereocenters. The van der Waals surface area contributed by atoms with Crippen LogP contribution >= 0.6 is 0 Å². The van der Waals surface area contributed by atoms with Gasteiger partial charge in [-0.25, -0.2) is 0 Å². The Bertz CT molecular complexity index is 524. The molecule has 23 heavy (non-hydrogen) atoms. The van der Waals surface area contributed by atoms with Crippen LogP contribution < -0.4 is 14.2 Å². The Morgan fingerprint density at radius 2 is 1.65 bits per heavy atom. The Balaban J connectivity index is 2.37. The molecule has 0 N–H and O–H groups in total. The molecule has 7 heteroatoms. The maximum absolute atomic E-state index is 11.0. The molecule has 0 radical (unpaired) electrons. The quantitative estimate of drug-likeness (QED) is 0.708. The average Bonchev–Trinajstić information content (AvgIpc) is 3.03. The summed E-state index contributed by atoms with van der Waals surface area (Å²) in [6.45, 7) is 2.46. The number of hydrogen-bond acceptors (Lipinski definition) is 7. The fraction of sp³-hybridized carbons (Fsp3) is 0.562. The molecule has 0 amide bonds. The van der Waals surface area contributed by atoms with Gasteiger partial charge in [-0.3, -0.25) is 4.79 Å². The standard InChI is InChI=1S/C16H22O7/c1-11(17)21-6-5-16(22-7-8-23-16)12-9-13(18-2)15(20-4)14(10-12)19-3/h9-10H,5-8H2,1-4H3. The van der Waals surface area contributed by atoms with Gasteiger partial charge in [0.15, 0.2) is 17.3 Å². The third kappa shape index (κ3) is 3.68. The van der Waals surface area contributed by atoms with Gasteiger partial charge in [0.05, 0.1) is 41.2 Å². The molecule has 128 valence electrons. The van der Waals surface area contributed by atoms with Gasteiger partial charge in [0.2, 0.25) is 5.75 Å². The van der Waals surface area contributed by atoms with Gasteiger partial charge in [-0.15, -0.1) is 0 Å². The van der Waals surface area contributed by atoms with Gasteiger partial charge in [0.25, 0.3) is 0 Å². The molecule has 1 aromatic carbocycles. The SMILES string of the molecule is COc1cc(C2(CCOC(C)=O)OCCO2)cc(OC)c1OC. The summed E-state index contributed by atoms with van der Waals surface area (Å²) in [5.74, 6) is 0.165. The molecule has 0 saturated carbocycles. The first-order valence-corrected chi connectivity index (χ1v) is 7.28. The Morgan fingerprint density at radius 3 is 2.09 bits per heavy atom. The lowest BCUT2D eigenvalue weighted by molar-refractivity contribution is -0.181. The lowest BCUT2D eigenvalue weighted by atomic mass is 10.0. The molecule has 1 aliphatic heterocycles. The number of hydrogen-bond donors (Lipinski definition) is 0. The molecule has 1 heterocycles. The van der Waals surface area contributed by atoms with E-state index in [-0.39, 0.29) is 12.6 Å². The van der Waals surface area contributed by atoms with Crippen molar-refractivity contribution in [2.45, 2.75) is 19.1 Å². The highest BCUT2D eigenvalue weighted by Gasteiger charge is 2.40. The van der Waals surface area contributed by atoms with Crippen LogP contribution in [0.4, 0.5) is 0 Å². The van der Waals surface area contributed by atoms with Gasteiger partial charge in [0, 0.05) is 18.9 Å². The second kappa shape index (κ2) is 7.52. The van der Waals surface area contributed by atoms with E-state index in [2.05, 4.69) is 0 Å². The highest BCUT2D eigenvalue weighted by atomic mass is 16.7. The zero-order chi connectivity index (χ0) is 16.9. The minimum atomic E-state index is -0.998. The molecule has 0 aromatic heterocycles. The predicted octanol–water partition coefficient (Wildman–Crippen LogP) is 1.87. The molecule has 2 rings (SSSR count). The molecule has 1 saturated heterocycles. The maximum atomic E-state index is 11.0. The number of methoxy groups -OCH3 is 3. The van der Waals surface area contributed by atoms with Crippen molar-refractivity contribution < 1.29 is 33.2 Å². The highest BCUT2D eigenvalue weighted by Crippen LogP contribution is 2.44. The van der Waals surface area contributed by atoms with Crippen LogP contribution in [-0.4, -0.2) is 47.1 Å².